The second kappa shape index (κ2) is 22.9. The topological polar surface area (TPSA) is 91.3 Å². The zero-order valence-corrected chi connectivity index (χ0v) is 29.0. The molecule has 1 N–H and O–H groups in total. The highest BCUT2D eigenvalue weighted by Crippen LogP contribution is 2.43. The minimum absolute atomic E-state index is 0.0690. The average Bonchev–Trinajstić information content (AvgIpc) is 2.90. The van der Waals surface area contributed by atoms with Crippen molar-refractivity contribution in [3.8, 4) is 0 Å². The highest BCUT2D eigenvalue weighted by atomic mass is 127. The van der Waals surface area contributed by atoms with Gasteiger partial charge < -0.3 is 18.9 Å². The third-order valence-corrected chi connectivity index (χ3v) is 8.68. The van der Waals surface area contributed by atoms with Gasteiger partial charge in [0.2, 0.25) is 0 Å². The number of unbranched alkanes of at least 4 members (excludes halogenated alkanes) is 13. The van der Waals surface area contributed by atoms with E-state index in [0.717, 1.165) is 16.4 Å². The smallest absolute Gasteiger partial charge is 0.454 e. The summed E-state index contributed by atoms with van der Waals surface area (Å²) in [5.41, 5.74) is 0.427. The van der Waals surface area contributed by atoms with E-state index in [2.05, 4.69) is 29.5 Å². The largest absolute Gasteiger partial charge is 0.472 e. The molecule has 1 aromatic carbocycles. The summed E-state index contributed by atoms with van der Waals surface area (Å²) in [5, 5.41) is 0. The Balaban J connectivity index is 2.32. The Morgan fingerprint density at radius 3 is 1.90 bits per heavy atom. The molecular formula is C31H56INO7P+. The first-order valence-electron chi connectivity index (χ1n) is 15.5. The minimum atomic E-state index is -4.29. The SMILES string of the molecule is CCCCCCCCCCCCCCCCOCC(COP(=O)(O)OCC[N+](C)(C)C)OC(=O)c1ccccc1I. The average molecular weight is 713 g/mol. The molecule has 10 heteroatoms. The molecule has 0 saturated carbocycles. The van der Waals surface area contributed by atoms with Gasteiger partial charge in [-0.15, -0.1) is 0 Å². The first-order chi connectivity index (χ1) is 19.5. The van der Waals surface area contributed by atoms with Gasteiger partial charge >= 0.3 is 13.8 Å². The van der Waals surface area contributed by atoms with Gasteiger partial charge in [0.25, 0.3) is 0 Å². The molecule has 1 aromatic rings. The summed E-state index contributed by atoms with van der Waals surface area (Å²) in [6.07, 6.45) is 17.2. The van der Waals surface area contributed by atoms with Crippen molar-refractivity contribution in [3.63, 3.8) is 0 Å². The number of nitrogens with zero attached hydrogens (tertiary/aromatic N) is 1. The maximum absolute atomic E-state index is 12.8. The third-order valence-electron chi connectivity index (χ3n) is 6.75. The van der Waals surface area contributed by atoms with Gasteiger partial charge in [-0.3, -0.25) is 9.05 Å². The fourth-order valence-corrected chi connectivity index (χ4v) is 5.57. The molecule has 0 radical (unpaired) electrons. The second-order valence-electron chi connectivity index (χ2n) is 11.8. The molecule has 0 saturated heterocycles. The highest BCUT2D eigenvalue weighted by molar-refractivity contribution is 14.1. The lowest BCUT2D eigenvalue weighted by Gasteiger charge is -2.24. The third kappa shape index (κ3) is 21.7. The summed E-state index contributed by atoms with van der Waals surface area (Å²) in [7, 11) is 1.59. The predicted octanol–water partition coefficient (Wildman–Crippen LogP) is 8.15. The lowest BCUT2D eigenvalue weighted by Crippen LogP contribution is -2.37. The molecule has 41 heavy (non-hydrogen) atoms. The van der Waals surface area contributed by atoms with Crippen LogP contribution in [0.1, 0.15) is 107 Å². The van der Waals surface area contributed by atoms with Crippen LogP contribution in [0.5, 0.6) is 0 Å². The number of rotatable bonds is 26. The maximum Gasteiger partial charge on any atom is 0.472 e. The Hall–Kier alpha value is -0.550. The number of likely N-dealkylation sites (N-methyl/N-ethyl adjacent to an activating group) is 1. The summed E-state index contributed by atoms with van der Waals surface area (Å²) in [6, 6.07) is 7.11. The Morgan fingerprint density at radius 1 is 0.829 bits per heavy atom. The van der Waals surface area contributed by atoms with Gasteiger partial charge in [-0.05, 0) is 41.1 Å². The van der Waals surface area contributed by atoms with Gasteiger partial charge in [0.15, 0.2) is 0 Å². The van der Waals surface area contributed by atoms with E-state index in [9.17, 15) is 14.3 Å². The van der Waals surface area contributed by atoms with Gasteiger partial charge in [0.05, 0.1) is 39.9 Å². The first kappa shape index (κ1) is 38.5. The Bertz CT molecular complexity index is 865. The molecule has 0 aliphatic heterocycles. The molecular weight excluding hydrogens is 656 g/mol. The molecule has 0 amide bonds. The highest BCUT2D eigenvalue weighted by Gasteiger charge is 2.27. The van der Waals surface area contributed by atoms with Crippen molar-refractivity contribution in [3.05, 3.63) is 33.4 Å². The number of hydrogen-bond donors (Lipinski definition) is 1. The molecule has 8 nitrogen and oxygen atoms in total. The molecule has 1 rings (SSSR count). The van der Waals surface area contributed by atoms with Crippen molar-refractivity contribution in [2.75, 3.05) is 54.1 Å². The van der Waals surface area contributed by atoms with Crippen molar-refractivity contribution < 1.29 is 37.3 Å². The van der Waals surface area contributed by atoms with Crippen LogP contribution >= 0.6 is 30.4 Å². The molecule has 238 valence electrons. The Kier molecular flexibility index (Phi) is 21.5. The van der Waals surface area contributed by atoms with Crippen LogP contribution in [0.15, 0.2) is 24.3 Å². The van der Waals surface area contributed by atoms with E-state index in [1.807, 2.05) is 33.3 Å². The number of ether oxygens (including phenoxy) is 2. The van der Waals surface area contributed by atoms with E-state index < -0.39 is 19.9 Å². The van der Waals surface area contributed by atoms with E-state index in [4.69, 9.17) is 18.5 Å². The fraction of sp³-hybridized carbons (Fsp3) is 0.774. The number of carbonyl (C=O) groups excluding carboxylic acids is 1. The normalized spacial score (nSPS) is 14.1. The maximum atomic E-state index is 12.8. The van der Waals surface area contributed by atoms with Gasteiger partial charge in [-0.25, -0.2) is 9.36 Å². The predicted molar refractivity (Wildman–Crippen MR) is 174 cm³/mol. The lowest BCUT2D eigenvalue weighted by atomic mass is 10.0. The Morgan fingerprint density at radius 2 is 1.37 bits per heavy atom. The van der Waals surface area contributed by atoms with Crippen molar-refractivity contribution in [1.29, 1.82) is 0 Å². The zero-order valence-electron chi connectivity index (χ0n) is 26.0. The van der Waals surface area contributed by atoms with Crippen LogP contribution in [-0.4, -0.2) is 75.6 Å². The molecule has 0 spiro atoms. The van der Waals surface area contributed by atoms with Gasteiger partial charge in [0, 0.05) is 10.2 Å². The van der Waals surface area contributed by atoms with Crippen LogP contribution in [0.3, 0.4) is 0 Å². The summed E-state index contributed by atoms with van der Waals surface area (Å²) in [6.45, 7) is 3.18. The van der Waals surface area contributed by atoms with Crippen molar-refractivity contribution in [2.24, 2.45) is 0 Å². The Labute approximate surface area is 263 Å². The molecule has 2 unspecified atom stereocenters. The van der Waals surface area contributed by atoms with Gasteiger partial charge in [0.1, 0.15) is 19.3 Å². The molecule has 0 heterocycles. The number of carbonyl (C=O) groups is 1. The molecule has 0 aromatic heterocycles. The molecule has 2 atom stereocenters. The standard InChI is InChI=1S/C31H55INO7P/c1-5-6-7-8-9-10-11-12-13-14-15-16-17-20-24-37-26-28(40-31(34)29-21-18-19-22-30(29)32)27-39-41(35,36)38-25-23-33(2,3)4/h18-19,21-22,28H,5-17,20,23-27H2,1-4H3/p+1. The molecule has 0 aliphatic carbocycles. The van der Waals surface area contributed by atoms with Crippen LogP contribution in [0.25, 0.3) is 0 Å². The number of phosphoric ester groups is 1. The summed E-state index contributed by atoms with van der Waals surface area (Å²) >= 11 is 2.08. The summed E-state index contributed by atoms with van der Waals surface area (Å²) in [5.74, 6) is -0.526. The second-order valence-corrected chi connectivity index (χ2v) is 14.4. The van der Waals surface area contributed by atoms with E-state index in [-0.39, 0.29) is 19.8 Å². The van der Waals surface area contributed by atoms with Crippen molar-refractivity contribution >= 4 is 36.4 Å². The number of hydrogen-bond acceptors (Lipinski definition) is 6. The minimum Gasteiger partial charge on any atom is -0.454 e. The van der Waals surface area contributed by atoms with Gasteiger partial charge in [-0.1, -0.05) is 103 Å². The number of benzene rings is 1. The quantitative estimate of drug-likeness (QED) is 0.0341. The summed E-state index contributed by atoms with van der Waals surface area (Å²) in [4.78, 5) is 22.8. The van der Waals surface area contributed by atoms with Crippen LogP contribution in [0.4, 0.5) is 0 Å². The first-order valence-corrected chi connectivity index (χ1v) is 18.1. The lowest BCUT2D eigenvalue weighted by molar-refractivity contribution is -0.870. The van der Waals surface area contributed by atoms with Crippen molar-refractivity contribution in [1.82, 2.24) is 0 Å². The number of esters is 1. The zero-order chi connectivity index (χ0) is 30.4. The molecule has 0 fully saturated rings. The van der Waals surface area contributed by atoms with Crippen LogP contribution < -0.4 is 0 Å². The fourth-order valence-electron chi connectivity index (χ4n) is 4.22. The van der Waals surface area contributed by atoms with Crippen LogP contribution in [0, 0.1) is 3.57 Å². The van der Waals surface area contributed by atoms with Crippen LogP contribution in [0.2, 0.25) is 0 Å². The number of quaternary nitrogens is 1. The number of phosphoric acid groups is 1. The van der Waals surface area contributed by atoms with Gasteiger partial charge in [-0.2, -0.15) is 0 Å². The van der Waals surface area contributed by atoms with E-state index in [0.29, 0.717) is 23.2 Å². The molecule has 0 aliphatic rings. The monoisotopic (exact) mass is 712 g/mol. The summed E-state index contributed by atoms with van der Waals surface area (Å²) < 4.78 is 35.4. The van der Waals surface area contributed by atoms with Crippen molar-refractivity contribution in [2.45, 2.75) is 103 Å². The van der Waals surface area contributed by atoms with Crippen LogP contribution in [-0.2, 0) is 23.1 Å². The molecule has 0 bridgehead atoms. The van der Waals surface area contributed by atoms with E-state index in [1.165, 1.54) is 77.0 Å². The number of halogens is 1. The van der Waals surface area contributed by atoms with E-state index >= 15 is 0 Å². The van der Waals surface area contributed by atoms with E-state index in [1.54, 1.807) is 12.1 Å².